The van der Waals surface area contributed by atoms with E-state index in [0.29, 0.717) is 22.5 Å². The Labute approximate surface area is 490 Å². The highest BCUT2D eigenvalue weighted by Crippen LogP contribution is 2.52. The first-order valence-electron chi connectivity index (χ1n) is 29.0. The number of aromatic nitrogens is 4. The lowest BCUT2D eigenvalue weighted by atomic mass is 9.82. The molecule has 0 spiro atoms. The molecule has 0 bridgehead atoms. The number of fused-ring (bicyclic) bond motifs is 16. The standard InChI is InChI=1S/C78H51N7/c1-78(2)66-31-18-15-27-56(66)62-45-65-64-43-54(81(51-21-7-3-8-22-51)52-23-9-4-10-24-52)35-39-71(64)84(75(65)46-67(62)78)73-41-50(48-80)74(42-49(73)47-79)85-72-40-36-55(82-68-33-19-16-29-57(68)58-30-17-20-34-69(58)82)44-63(72)61-38-37-60-59-28-13-6-14-32-70(59)83(76(60)77(61)85)53-25-11-5-12-26-53/h3-27,29-46H,28H2,1-2H3. The average Bonchev–Trinajstić information content (AvgIpc) is 1.78. The van der Waals surface area contributed by atoms with Crippen LogP contribution in [0.4, 0.5) is 17.1 Å². The van der Waals surface area contributed by atoms with Crippen LogP contribution in [0.15, 0.2) is 255 Å². The van der Waals surface area contributed by atoms with E-state index < -0.39 is 0 Å². The zero-order valence-corrected chi connectivity index (χ0v) is 46.7. The third-order valence-corrected chi connectivity index (χ3v) is 18.2. The van der Waals surface area contributed by atoms with E-state index in [9.17, 15) is 10.5 Å². The number of hydrogen-bond donors (Lipinski definition) is 0. The summed E-state index contributed by atoms with van der Waals surface area (Å²) in [7, 11) is 0. The second-order valence-electron chi connectivity index (χ2n) is 23.0. The Kier molecular flexibility index (Phi) is 10.4. The highest BCUT2D eigenvalue weighted by molar-refractivity contribution is 6.20. The van der Waals surface area contributed by atoms with Crippen LogP contribution in [0.3, 0.4) is 0 Å². The molecule has 0 unspecified atom stereocenters. The van der Waals surface area contributed by atoms with Crippen LogP contribution in [0.2, 0.25) is 0 Å². The molecule has 7 heteroatoms. The molecule has 0 radical (unpaired) electrons. The molecule has 7 nitrogen and oxygen atoms in total. The second kappa shape index (κ2) is 18.3. The minimum absolute atomic E-state index is 0.297. The summed E-state index contributed by atoms with van der Waals surface area (Å²) in [6, 6.07) is 89.7. The Morgan fingerprint density at radius 1 is 0.388 bits per heavy atom. The van der Waals surface area contributed by atoms with Crippen LogP contribution >= 0.6 is 0 Å². The van der Waals surface area contributed by atoms with E-state index in [1.807, 2.05) is 24.3 Å². The predicted molar refractivity (Wildman–Crippen MR) is 350 cm³/mol. The van der Waals surface area contributed by atoms with Gasteiger partial charge in [-0.1, -0.05) is 159 Å². The van der Waals surface area contributed by atoms with Crippen molar-refractivity contribution in [1.29, 1.82) is 10.5 Å². The molecule has 0 saturated carbocycles. The maximum Gasteiger partial charge on any atom is 0.101 e. The van der Waals surface area contributed by atoms with Gasteiger partial charge >= 0.3 is 0 Å². The summed E-state index contributed by atoms with van der Waals surface area (Å²) in [6.45, 7) is 4.62. The lowest BCUT2D eigenvalue weighted by Gasteiger charge is -2.25. The molecule has 0 fully saturated rings. The summed E-state index contributed by atoms with van der Waals surface area (Å²) >= 11 is 0. The topological polar surface area (TPSA) is 70.5 Å². The van der Waals surface area contributed by atoms with Crippen LogP contribution in [0.25, 0.3) is 116 Å². The molecule has 2 aliphatic rings. The molecule has 17 rings (SSSR count). The van der Waals surface area contributed by atoms with Gasteiger partial charge in [0, 0.05) is 71.6 Å². The van der Waals surface area contributed by atoms with Crippen LogP contribution in [0, 0.1) is 22.7 Å². The van der Waals surface area contributed by atoms with Gasteiger partial charge in [0.15, 0.2) is 0 Å². The van der Waals surface area contributed by atoms with Crippen molar-refractivity contribution in [2.45, 2.75) is 25.7 Å². The number of para-hydroxylation sites is 5. The summed E-state index contributed by atoms with van der Waals surface area (Å²) in [4.78, 5) is 2.30. The van der Waals surface area contributed by atoms with Gasteiger partial charge in [0.05, 0.1) is 66.8 Å². The molecule has 4 aromatic heterocycles. The lowest BCUT2D eigenvalue weighted by Crippen LogP contribution is -2.15. The monoisotopic (exact) mass is 1090 g/mol. The van der Waals surface area contributed by atoms with Crippen LogP contribution in [-0.2, 0) is 11.8 Å². The first-order chi connectivity index (χ1) is 41.9. The smallest absolute Gasteiger partial charge is 0.101 e. The van der Waals surface area contributed by atoms with Crippen molar-refractivity contribution in [3.8, 4) is 46.0 Å². The fourth-order valence-electron chi connectivity index (χ4n) is 14.5. The maximum atomic E-state index is 11.9. The third kappa shape index (κ3) is 6.93. The van der Waals surface area contributed by atoms with E-state index in [1.165, 1.54) is 38.6 Å². The van der Waals surface area contributed by atoms with E-state index in [2.05, 4.69) is 286 Å². The SMILES string of the molecule is CC1(C)c2ccccc2-c2cc3c4cc(N(c5ccccc5)c5ccccc5)ccc4n(-c4cc(C#N)c(-n5c6ccc(-n7c8ccccc8c8ccccc87)cc6c6ccc7c8c(n(-c9ccccc9)c7c65)C=CC=CC8)cc4C#N)c3cc21. The molecule has 11 aromatic carbocycles. The number of anilines is 3. The molecule has 398 valence electrons. The Balaban J connectivity index is 0.961. The van der Waals surface area contributed by atoms with Gasteiger partial charge in [-0.05, 0) is 150 Å². The molecule has 0 saturated heterocycles. The quantitative estimate of drug-likeness (QED) is 0.160. The maximum absolute atomic E-state index is 11.9. The summed E-state index contributed by atoms with van der Waals surface area (Å²) in [6.07, 6.45) is 9.46. The van der Waals surface area contributed by atoms with Crippen molar-refractivity contribution in [3.05, 3.63) is 288 Å². The van der Waals surface area contributed by atoms with Gasteiger partial charge in [0.2, 0.25) is 0 Å². The number of hydrogen-bond acceptors (Lipinski definition) is 3. The van der Waals surface area contributed by atoms with Gasteiger partial charge in [-0.15, -0.1) is 0 Å². The fraction of sp³-hybridized carbons (Fsp3) is 0.0513. The molecule has 0 N–H and O–H groups in total. The number of nitriles is 2. The minimum atomic E-state index is -0.297. The largest absolute Gasteiger partial charge is 0.310 e. The number of allylic oxidation sites excluding steroid dienone is 3. The number of rotatable bonds is 7. The normalized spacial score (nSPS) is 13.2. The Hall–Kier alpha value is -11.4. The summed E-state index contributed by atoms with van der Waals surface area (Å²) in [5.74, 6) is 0. The zero-order chi connectivity index (χ0) is 56.7. The molecule has 2 aliphatic carbocycles. The van der Waals surface area contributed by atoms with Gasteiger partial charge in [0.1, 0.15) is 12.1 Å². The molecule has 4 heterocycles. The van der Waals surface area contributed by atoms with Crippen LogP contribution in [-0.4, -0.2) is 18.3 Å². The molecule has 15 aromatic rings. The average molecular weight is 1090 g/mol. The zero-order valence-electron chi connectivity index (χ0n) is 46.7. The Morgan fingerprint density at radius 3 is 1.66 bits per heavy atom. The lowest BCUT2D eigenvalue weighted by molar-refractivity contribution is 0.661. The molecule has 0 amide bonds. The molecular weight excluding hydrogens is 1030 g/mol. The summed E-state index contributed by atoms with van der Waals surface area (Å²) in [5, 5.41) is 31.4. The van der Waals surface area contributed by atoms with Crippen molar-refractivity contribution in [1.82, 2.24) is 18.3 Å². The number of benzene rings is 11. The number of nitrogens with zero attached hydrogens (tertiary/aromatic N) is 7. The Bertz CT molecular complexity index is 5400. The van der Waals surface area contributed by atoms with Crippen molar-refractivity contribution < 1.29 is 0 Å². The third-order valence-electron chi connectivity index (χ3n) is 18.2. The molecule has 0 aliphatic heterocycles. The van der Waals surface area contributed by atoms with Gasteiger partial charge in [-0.2, -0.15) is 10.5 Å². The molecule has 0 atom stereocenters. The van der Waals surface area contributed by atoms with Crippen molar-refractivity contribution in [2.75, 3.05) is 4.90 Å². The van der Waals surface area contributed by atoms with E-state index in [0.717, 1.165) is 106 Å². The van der Waals surface area contributed by atoms with Crippen molar-refractivity contribution >= 4 is 99.5 Å². The van der Waals surface area contributed by atoms with Crippen molar-refractivity contribution in [2.24, 2.45) is 0 Å². The predicted octanol–water partition coefficient (Wildman–Crippen LogP) is 19.6. The van der Waals surface area contributed by atoms with E-state index >= 15 is 0 Å². The molecular formula is C78H51N7. The minimum Gasteiger partial charge on any atom is -0.310 e. The first kappa shape index (κ1) is 48.3. The van der Waals surface area contributed by atoms with E-state index in [1.54, 1.807) is 0 Å². The Morgan fingerprint density at radius 2 is 0.953 bits per heavy atom. The van der Waals surface area contributed by atoms with Crippen LogP contribution in [0.1, 0.15) is 47.4 Å². The van der Waals surface area contributed by atoms with E-state index in [4.69, 9.17) is 0 Å². The van der Waals surface area contributed by atoms with E-state index in [-0.39, 0.29) is 5.41 Å². The van der Waals surface area contributed by atoms with Gasteiger partial charge < -0.3 is 23.2 Å². The first-order valence-corrected chi connectivity index (χ1v) is 29.0. The fourth-order valence-corrected chi connectivity index (χ4v) is 14.5. The van der Waals surface area contributed by atoms with Crippen LogP contribution in [0.5, 0.6) is 0 Å². The highest BCUT2D eigenvalue weighted by atomic mass is 15.1. The second-order valence-corrected chi connectivity index (χ2v) is 23.0. The van der Waals surface area contributed by atoms with Crippen molar-refractivity contribution in [3.63, 3.8) is 0 Å². The van der Waals surface area contributed by atoms with Gasteiger partial charge in [-0.3, -0.25) is 0 Å². The highest BCUT2D eigenvalue weighted by Gasteiger charge is 2.37. The summed E-state index contributed by atoms with van der Waals surface area (Å²) in [5.41, 5.74) is 21.4. The summed E-state index contributed by atoms with van der Waals surface area (Å²) < 4.78 is 9.28. The van der Waals surface area contributed by atoms with Crippen LogP contribution < -0.4 is 4.90 Å². The van der Waals surface area contributed by atoms with Gasteiger partial charge in [-0.25, -0.2) is 0 Å². The molecule has 85 heavy (non-hydrogen) atoms. The van der Waals surface area contributed by atoms with Gasteiger partial charge in [0.25, 0.3) is 0 Å².